The SMILES string of the molecule is N[C@]12COC(=O)N1CC1CCCCC1C2/C=C/c1ccc(-c2ccc(F)cc2)cn1. The molecular weight excluding hydrogens is 381 g/mol. The van der Waals surface area contributed by atoms with E-state index in [1.807, 2.05) is 18.2 Å². The van der Waals surface area contributed by atoms with Crippen LogP contribution in [-0.4, -0.2) is 34.8 Å². The minimum atomic E-state index is -0.778. The van der Waals surface area contributed by atoms with Gasteiger partial charge in [0, 0.05) is 24.2 Å². The fourth-order valence-electron chi connectivity index (χ4n) is 5.39. The smallest absolute Gasteiger partial charge is 0.411 e. The number of aromatic nitrogens is 1. The molecule has 4 atom stereocenters. The Morgan fingerprint density at radius 3 is 2.67 bits per heavy atom. The number of hydrogen-bond acceptors (Lipinski definition) is 4. The first-order chi connectivity index (χ1) is 14.5. The summed E-state index contributed by atoms with van der Waals surface area (Å²) in [6.07, 6.45) is 10.3. The van der Waals surface area contributed by atoms with Gasteiger partial charge in [0.25, 0.3) is 0 Å². The summed E-state index contributed by atoms with van der Waals surface area (Å²) >= 11 is 0. The first-order valence-corrected chi connectivity index (χ1v) is 10.7. The second-order valence-corrected chi connectivity index (χ2v) is 8.73. The highest BCUT2D eigenvalue weighted by Crippen LogP contribution is 2.47. The summed E-state index contributed by atoms with van der Waals surface area (Å²) in [4.78, 5) is 18.6. The zero-order chi connectivity index (χ0) is 20.7. The second-order valence-electron chi connectivity index (χ2n) is 8.73. The van der Waals surface area contributed by atoms with Gasteiger partial charge in [-0.2, -0.15) is 0 Å². The van der Waals surface area contributed by atoms with Crippen molar-refractivity contribution < 1.29 is 13.9 Å². The molecule has 6 heteroatoms. The van der Waals surface area contributed by atoms with E-state index in [1.165, 1.54) is 25.0 Å². The predicted octanol–water partition coefficient (Wildman–Crippen LogP) is 4.44. The molecule has 1 aliphatic carbocycles. The summed E-state index contributed by atoms with van der Waals surface area (Å²) in [5.74, 6) is 0.731. The third-order valence-electron chi connectivity index (χ3n) is 7.01. The third-order valence-corrected chi connectivity index (χ3v) is 7.01. The van der Waals surface area contributed by atoms with Gasteiger partial charge in [-0.05, 0) is 54.5 Å². The average Bonchev–Trinajstić information content (AvgIpc) is 3.07. The largest absolute Gasteiger partial charge is 0.445 e. The maximum atomic E-state index is 13.1. The number of carbonyl (C=O) groups excluding carboxylic acids is 1. The van der Waals surface area contributed by atoms with E-state index in [-0.39, 0.29) is 24.4 Å². The number of nitrogens with zero attached hydrogens (tertiary/aromatic N) is 2. The van der Waals surface area contributed by atoms with Gasteiger partial charge in [-0.15, -0.1) is 0 Å². The molecule has 3 heterocycles. The number of benzene rings is 1. The lowest BCUT2D eigenvalue weighted by atomic mass is 9.65. The Balaban J connectivity index is 1.40. The summed E-state index contributed by atoms with van der Waals surface area (Å²) in [7, 11) is 0. The third kappa shape index (κ3) is 3.29. The molecule has 1 saturated carbocycles. The number of halogens is 1. The van der Waals surface area contributed by atoms with Gasteiger partial charge >= 0.3 is 6.09 Å². The lowest BCUT2D eigenvalue weighted by molar-refractivity contribution is -0.0138. The Morgan fingerprint density at radius 1 is 1.13 bits per heavy atom. The molecule has 5 nitrogen and oxygen atoms in total. The van der Waals surface area contributed by atoms with E-state index in [1.54, 1.807) is 23.2 Å². The number of carbonyl (C=O) groups is 1. The van der Waals surface area contributed by atoms with Crippen molar-refractivity contribution in [2.45, 2.75) is 31.3 Å². The fraction of sp³-hybridized carbons (Fsp3) is 0.417. The molecule has 2 aliphatic heterocycles. The molecule has 0 radical (unpaired) electrons. The van der Waals surface area contributed by atoms with Gasteiger partial charge in [0.05, 0.1) is 5.69 Å². The molecule has 30 heavy (non-hydrogen) atoms. The Hall–Kier alpha value is -2.73. The molecule has 1 aromatic carbocycles. The van der Waals surface area contributed by atoms with Crippen molar-refractivity contribution in [3.05, 3.63) is 60.2 Å². The highest BCUT2D eigenvalue weighted by molar-refractivity contribution is 5.71. The maximum absolute atomic E-state index is 13.1. The van der Waals surface area contributed by atoms with Crippen molar-refractivity contribution >= 4 is 12.2 Å². The molecule has 1 amide bonds. The van der Waals surface area contributed by atoms with Crippen LogP contribution in [0.1, 0.15) is 31.4 Å². The highest BCUT2D eigenvalue weighted by Gasteiger charge is 2.57. The van der Waals surface area contributed by atoms with Crippen LogP contribution in [0.2, 0.25) is 0 Å². The second kappa shape index (κ2) is 7.51. The molecular formula is C24H26FN3O2. The number of cyclic esters (lactones) is 1. The van der Waals surface area contributed by atoms with Crippen LogP contribution in [0.4, 0.5) is 9.18 Å². The Kier molecular flexibility index (Phi) is 4.82. The number of ether oxygens (including phenoxy) is 1. The number of amides is 1. The van der Waals surface area contributed by atoms with E-state index >= 15 is 0 Å². The molecule has 0 bridgehead atoms. The average molecular weight is 407 g/mol. The van der Waals surface area contributed by atoms with E-state index in [0.29, 0.717) is 18.4 Å². The molecule has 5 rings (SSSR count). The molecule has 2 aromatic rings. The topological polar surface area (TPSA) is 68.5 Å². The molecule has 156 valence electrons. The van der Waals surface area contributed by atoms with E-state index in [2.05, 4.69) is 11.1 Å². The van der Waals surface area contributed by atoms with E-state index < -0.39 is 5.66 Å². The van der Waals surface area contributed by atoms with Crippen molar-refractivity contribution in [2.24, 2.45) is 23.5 Å². The zero-order valence-corrected chi connectivity index (χ0v) is 16.8. The molecule has 3 fully saturated rings. The van der Waals surface area contributed by atoms with Crippen molar-refractivity contribution in [2.75, 3.05) is 13.2 Å². The summed E-state index contributed by atoms with van der Waals surface area (Å²) in [5, 5.41) is 0. The van der Waals surface area contributed by atoms with Crippen LogP contribution in [0.25, 0.3) is 17.2 Å². The van der Waals surface area contributed by atoms with Crippen molar-refractivity contribution in [1.29, 1.82) is 0 Å². The van der Waals surface area contributed by atoms with Crippen molar-refractivity contribution in [3.63, 3.8) is 0 Å². The van der Waals surface area contributed by atoms with Crippen LogP contribution in [0.5, 0.6) is 0 Å². The quantitative estimate of drug-likeness (QED) is 0.817. The van der Waals surface area contributed by atoms with Gasteiger partial charge in [-0.25, -0.2) is 9.18 Å². The zero-order valence-electron chi connectivity index (χ0n) is 16.8. The van der Waals surface area contributed by atoms with Gasteiger partial charge in [0.15, 0.2) is 0 Å². The van der Waals surface area contributed by atoms with Crippen molar-refractivity contribution in [3.8, 4) is 11.1 Å². The predicted molar refractivity (Wildman–Crippen MR) is 113 cm³/mol. The van der Waals surface area contributed by atoms with Gasteiger partial charge in [-0.3, -0.25) is 9.88 Å². The van der Waals surface area contributed by atoms with Gasteiger partial charge in [-0.1, -0.05) is 37.1 Å². The summed E-state index contributed by atoms with van der Waals surface area (Å²) in [6, 6.07) is 10.3. The molecule has 1 aromatic heterocycles. The van der Waals surface area contributed by atoms with Gasteiger partial charge < -0.3 is 10.5 Å². The highest BCUT2D eigenvalue weighted by atomic mass is 19.1. The van der Waals surface area contributed by atoms with Crippen LogP contribution >= 0.6 is 0 Å². The number of piperidine rings is 1. The van der Waals surface area contributed by atoms with Crippen LogP contribution in [0.3, 0.4) is 0 Å². The Bertz CT molecular complexity index is 959. The van der Waals surface area contributed by atoms with E-state index in [4.69, 9.17) is 10.5 Å². The minimum absolute atomic E-state index is 0.0431. The monoisotopic (exact) mass is 407 g/mol. The number of pyridine rings is 1. The molecule has 3 unspecified atom stereocenters. The number of nitrogens with two attached hydrogens (primary N) is 1. The van der Waals surface area contributed by atoms with Gasteiger partial charge in [0.1, 0.15) is 18.1 Å². The summed E-state index contributed by atoms with van der Waals surface area (Å²) in [6.45, 7) is 0.940. The van der Waals surface area contributed by atoms with Crippen LogP contribution in [0.15, 0.2) is 48.7 Å². The lowest BCUT2D eigenvalue weighted by Crippen LogP contribution is -2.67. The summed E-state index contributed by atoms with van der Waals surface area (Å²) in [5.41, 5.74) is 8.68. The number of fused-ring (bicyclic) bond motifs is 2. The number of rotatable bonds is 3. The minimum Gasteiger partial charge on any atom is -0.445 e. The van der Waals surface area contributed by atoms with Crippen molar-refractivity contribution in [1.82, 2.24) is 9.88 Å². The first kappa shape index (κ1) is 19.2. The molecule has 2 saturated heterocycles. The fourth-order valence-corrected chi connectivity index (χ4v) is 5.39. The van der Waals surface area contributed by atoms with Crippen LogP contribution in [-0.2, 0) is 4.74 Å². The van der Waals surface area contributed by atoms with Gasteiger partial charge in [0.2, 0.25) is 0 Å². The first-order valence-electron chi connectivity index (χ1n) is 10.7. The summed E-state index contributed by atoms with van der Waals surface area (Å²) < 4.78 is 18.5. The van der Waals surface area contributed by atoms with E-state index in [9.17, 15) is 9.18 Å². The molecule has 0 spiro atoms. The Morgan fingerprint density at radius 2 is 1.90 bits per heavy atom. The number of hydrogen-bond donors (Lipinski definition) is 1. The van der Waals surface area contributed by atoms with Crippen LogP contribution in [0, 0.1) is 23.6 Å². The molecule has 2 N–H and O–H groups in total. The standard InChI is InChI=1S/C24H26FN3O2/c25-19-8-5-16(6-9-19)17-7-10-20(27-13-17)11-12-22-21-4-2-1-3-18(21)14-28-23(29)30-15-24(22,28)26/h5-13,18,21-22H,1-4,14-15,26H2/b12-11+/t18?,21?,22?,24-/m1/s1. The normalized spacial score (nSPS) is 30.8. The lowest BCUT2D eigenvalue weighted by Gasteiger charge is -2.51. The van der Waals surface area contributed by atoms with Crippen LogP contribution < -0.4 is 5.73 Å². The maximum Gasteiger partial charge on any atom is 0.411 e. The molecule has 3 aliphatic rings. The Labute approximate surface area is 175 Å². The van der Waals surface area contributed by atoms with E-state index in [0.717, 1.165) is 29.7 Å².